The number of nitrogens with one attached hydrogen (secondary N) is 1. The van der Waals surface area contributed by atoms with Crippen LogP contribution in [0.2, 0.25) is 0 Å². The first kappa shape index (κ1) is 14.4. The predicted molar refractivity (Wildman–Crippen MR) is 79.4 cm³/mol. The Bertz CT molecular complexity index is 670. The van der Waals surface area contributed by atoms with Crippen molar-refractivity contribution in [3.63, 3.8) is 0 Å². The first-order chi connectivity index (χ1) is 10.7. The molecule has 0 saturated heterocycles. The highest BCUT2D eigenvalue weighted by Gasteiger charge is 2.14. The van der Waals surface area contributed by atoms with E-state index in [9.17, 15) is 9.18 Å². The fourth-order valence-corrected chi connectivity index (χ4v) is 2.30. The Hall–Kier alpha value is -2.56. The quantitative estimate of drug-likeness (QED) is 0.923. The van der Waals surface area contributed by atoms with Crippen LogP contribution < -0.4 is 14.8 Å². The number of hydrogen-bond donors (Lipinski definition) is 1. The normalized spacial score (nSPS) is 12.2. The number of benzene rings is 2. The van der Waals surface area contributed by atoms with Crippen molar-refractivity contribution in [1.82, 2.24) is 5.32 Å². The molecule has 0 bridgehead atoms. The van der Waals surface area contributed by atoms with Gasteiger partial charge in [0, 0.05) is 6.54 Å². The summed E-state index contributed by atoms with van der Waals surface area (Å²) >= 11 is 0. The van der Waals surface area contributed by atoms with E-state index in [2.05, 4.69) is 5.32 Å². The standard InChI is InChI=1S/C17H16FNO3/c18-14-4-1-12(2-5-14)7-8-19-17(20)10-13-3-6-15-16(9-13)22-11-21-15/h1-6,9H,7-8,10-11H2,(H,19,20). The first-order valence-corrected chi connectivity index (χ1v) is 7.10. The van der Waals surface area contributed by atoms with Crippen molar-refractivity contribution in [1.29, 1.82) is 0 Å². The summed E-state index contributed by atoms with van der Waals surface area (Å²) in [5.41, 5.74) is 1.87. The number of carbonyl (C=O) groups is 1. The number of amides is 1. The third-order valence-corrected chi connectivity index (χ3v) is 3.45. The van der Waals surface area contributed by atoms with E-state index in [0.29, 0.717) is 30.9 Å². The minimum absolute atomic E-state index is 0.0547. The number of carbonyl (C=O) groups excluding carboxylic acids is 1. The molecule has 1 aliphatic rings. The van der Waals surface area contributed by atoms with E-state index in [0.717, 1.165) is 11.1 Å². The van der Waals surface area contributed by atoms with Gasteiger partial charge < -0.3 is 14.8 Å². The van der Waals surface area contributed by atoms with Gasteiger partial charge in [0.15, 0.2) is 11.5 Å². The Morgan fingerprint density at radius 1 is 1.05 bits per heavy atom. The molecule has 22 heavy (non-hydrogen) atoms. The lowest BCUT2D eigenvalue weighted by Gasteiger charge is -2.06. The summed E-state index contributed by atoms with van der Waals surface area (Å²) in [6.07, 6.45) is 0.965. The van der Waals surface area contributed by atoms with E-state index < -0.39 is 0 Å². The average Bonchev–Trinajstić information content (AvgIpc) is 2.97. The van der Waals surface area contributed by atoms with E-state index in [1.54, 1.807) is 12.1 Å². The molecule has 0 unspecified atom stereocenters. The lowest BCUT2D eigenvalue weighted by molar-refractivity contribution is -0.120. The third kappa shape index (κ3) is 3.55. The van der Waals surface area contributed by atoms with Crippen molar-refractivity contribution in [3.05, 3.63) is 59.4 Å². The molecule has 2 aromatic carbocycles. The maximum Gasteiger partial charge on any atom is 0.231 e. The van der Waals surface area contributed by atoms with Crippen molar-refractivity contribution < 1.29 is 18.7 Å². The van der Waals surface area contributed by atoms with Crippen LogP contribution >= 0.6 is 0 Å². The number of ether oxygens (including phenoxy) is 2. The summed E-state index contributed by atoms with van der Waals surface area (Å²) < 4.78 is 23.3. The second-order valence-corrected chi connectivity index (χ2v) is 5.09. The molecule has 0 saturated carbocycles. The van der Waals surface area contributed by atoms with Gasteiger partial charge in [-0.15, -0.1) is 0 Å². The minimum Gasteiger partial charge on any atom is -0.454 e. The van der Waals surface area contributed by atoms with Crippen LogP contribution in [0.5, 0.6) is 11.5 Å². The van der Waals surface area contributed by atoms with Crippen LogP contribution in [-0.4, -0.2) is 19.2 Å². The Labute approximate surface area is 127 Å². The first-order valence-electron chi connectivity index (χ1n) is 7.10. The minimum atomic E-state index is -0.254. The second-order valence-electron chi connectivity index (χ2n) is 5.09. The van der Waals surface area contributed by atoms with Crippen molar-refractivity contribution in [2.45, 2.75) is 12.8 Å². The van der Waals surface area contributed by atoms with Gasteiger partial charge in [0.25, 0.3) is 0 Å². The van der Waals surface area contributed by atoms with Gasteiger partial charge in [-0.1, -0.05) is 18.2 Å². The molecule has 4 nitrogen and oxygen atoms in total. The molecule has 3 rings (SSSR count). The topological polar surface area (TPSA) is 47.6 Å². The lowest BCUT2D eigenvalue weighted by atomic mass is 10.1. The molecule has 114 valence electrons. The van der Waals surface area contributed by atoms with E-state index in [-0.39, 0.29) is 18.5 Å². The van der Waals surface area contributed by atoms with Crippen molar-refractivity contribution in [2.75, 3.05) is 13.3 Å². The summed E-state index contributed by atoms with van der Waals surface area (Å²) in [5, 5.41) is 2.86. The van der Waals surface area contributed by atoms with E-state index in [1.807, 2.05) is 18.2 Å². The summed E-state index contributed by atoms with van der Waals surface area (Å²) in [7, 11) is 0. The lowest BCUT2D eigenvalue weighted by Crippen LogP contribution is -2.27. The molecule has 0 atom stereocenters. The van der Waals surface area contributed by atoms with E-state index >= 15 is 0 Å². The van der Waals surface area contributed by atoms with Gasteiger partial charge in [-0.05, 0) is 41.8 Å². The van der Waals surface area contributed by atoms with Gasteiger partial charge in [-0.2, -0.15) is 0 Å². The number of rotatable bonds is 5. The largest absolute Gasteiger partial charge is 0.454 e. The Balaban J connectivity index is 1.47. The highest BCUT2D eigenvalue weighted by atomic mass is 19.1. The van der Waals surface area contributed by atoms with Gasteiger partial charge in [0.1, 0.15) is 5.82 Å². The SMILES string of the molecule is O=C(Cc1ccc2c(c1)OCO2)NCCc1ccc(F)cc1. The molecule has 0 radical (unpaired) electrons. The number of halogens is 1. The van der Waals surface area contributed by atoms with Gasteiger partial charge in [0.2, 0.25) is 12.7 Å². The smallest absolute Gasteiger partial charge is 0.231 e. The summed E-state index contributed by atoms with van der Waals surface area (Å²) in [5.74, 6) is 1.08. The van der Waals surface area contributed by atoms with Crippen LogP contribution in [0.15, 0.2) is 42.5 Å². The summed E-state index contributed by atoms with van der Waals surface area (Å²) in [4.78, 5) is 11.9. The summed E-state index contributed by atoms with van der Waals surface area (Å²) in [6, 6.07) is 11.8. The molecule has 2 aromatic rings. The molecule has 1 amide bonds. The van der Waals surface area contributed by atoms with Gasteiger partial charge >= 0.3 is 0 Å². The molecule has 0 aromatic heterocycles. The molecular weight excluding hydrogens is 285 g/mol. The zero-order valence-electron chi connectivity index (χ0n) is 12.0. The third-order valence-electron chi connectivity index (χ3n) is 3.45. The zero-order chi connectivity index (χ0) is 15.4. The van der Waals surface area contributed by atoms with Gasteiger partial charge in [0.05, 0.1) is 6.42 Å². The van der Waals surface area contributed by atoms with Crippen molar-refractivity contribution in [3.8, 4) is 11.5 Å². The molecule has 1 heterocycles. The molecule has 0 aliphatic carbocycles. The molecule has 0 fully saturated rings. The molecule has 0 spiro atoms. The van der Waals surface area contributed by atoms with Crippen molar-refractivity contribution in [2.24, 2.45) is 0 Å². The Kier molecular flexibility index (Phi) is 4.23. The molecule has 5 heteroatoms. The van der Waals surface area contributed by atoms with Gasteiger partial charge in [-0.25, -0.2) is 4.39 Å². The molecular formula is C17H16FNO3. The predicted octanol–water partition coefficient (Wildman–Crippen LogP) is 2.46. The Morgan fingerprint density at radius 3 is 2.59 bits per heavy atom. The van der Waals surface area contributed by atoms with Gasteiger partial charge in [-0.3, -0.25) is 4.79 Å². The fraction of sp³-hybridized carbons (Fsp3) is 0.235. The zero-order valence-corrected chi connectivity index (χ0v) is 12.0. The maximum absolute atomic E-state index is 12.8. The highest BCUT2D eigenvalue weighted by molar-refractivity contribution is 5.78. The van der Waals surface area contributed by atoms with Crippen molar-refractivity contribution >= 4 is 5.91 Å². The fourth-order valence-electron chi connectivity index (χ4n) is 2.30. The Morgan fingerprint density at radius 2 is 1.77 bits per heavy atom. The molecule has 1 aliphatic heterocycles. The number of hydrogen-bond acceptors (Lipinski definition) is 3. The van der Waals surface area contributed by atoms with Crippen LogP contribution in [0.25, 0.3) is 0 Å². The van der Waals surface area contributed by atoms with E-state index in [4.69, 9.17) is 9.47 Å². The highest BCUT2D eigenvalue weighted by Crippen LogP contribution is 2.32. The number of fused-ring (bicyclic) bond motifs is 1. The monoisotopic (exact) mass is 301 g/mol. The van der Waals surface area contributed by atoms with Crippen LogP contribution in [0, 0.1) is 5.82 Å². The van der Waals surface area contributed by atoms with Crippen LogP contribution in [0.4, 0.5) is 4.39 Å². The van der Waals surface area contributed by atoms with E-state index in [1.165, 1.54) is 12.1 Å². The maximum atomic E-state index is 12.8. The van der Waals surface area contributed by atoms with Crippen LogP contribution in [0.3, 0.4) is 0 Å². The second kappa shape index (κ2) is 6.47. The summed E-state index contributed by atoms with van der Waals surface area (Å²) in [6.45, 7) is 0.748. The van der Waals surface area contributed by atoms with Crippen LogP contribution in [-0.2, 0) is 17.6 Å². The molecule has 1 N–H and O–H groups in total. The average molecular weight is 301 g/mol. The van der Waals surface area contributed by atoms with Crippen LogP contribution in [0.1, 0.15) is 11.1 Å².